The molecule has 0 heterocycles. The largest absolute Gasteiger partial charge is 0.490 e. The van der Waals surface area contributed by atoms with E-state index in [2.05, 4.69) is 0 Å². The lowest BCUT2D eigenvalue weighted by atomic mass is 9.94. The minimum absolute atomic E-state index is 0.0259. The monoisotopic (exact) mass is 268 g/mol. The van der Waals surface area contributed by atoms with Crippen LogP contribution in [0.1, 0.15) is 44.3 Å². The van der Waals surface area contributed by atoms with Crippen molar-refractivity contribution >= 4 is 0 Å². The lowest BCUT2D eigenvalue weighted by Gasteiger charge is -2.29. The minimum Gasteiger partial charge on any atom is -0.490 e. The molecule has 19 heavy (non-hydrogen) atoms. The van der Waals surface area contributed by atoms with E-state index in [0.29, 0.717) is 11.3 Å². The molecule has 2 rings (SSSR count). The highest BCUT2D eigenvalue weighted by molar-refractivity contribution is 5.35. The van der Waals surface area contributed by atoms with Gasteiger partial charge in [-0.2, -0.15) is 0 Å². The highest BCUT2D eigenvalue weighted by Crippen LogP contribution is 2.30. The first-order valence-electron chi connectivity index (χ1n) is 6.77. The molecule has 2 unspecified atom stereocenters. The molecule has 1 fully saturated rings. The van der Waals surface area contributed by atoms with Crippen molar-refractivity contribution in [2.45, 2.75) is 50.9 Å². The topological polar surface area (TPSA) is 38.7 Å². The third kappa shape index (κ3) is 3.67. The molecule has 3 atom stereocenters. The van der Waals surface area contributed by atoms with Crippen LogP contribution in [0.25, 0.3) is 0 Å². The number of hydrogen-bond donors (Lipinski definition) is 1. The maximum atomic E-state index is 13.3. The van der Waals surface area contributed by atoms with E-state index >= 15 is 0 Å². The van der Waals surface area contributed by atoms with E-state index in [1.165, 1.54) is 12.1 Å². The second-order valence-electron chi connectivity index (χ2n) is 5.12. The summed E-state index contributed by atoms with van der Waals surface area (Å²) in [6.45, 7) is 1.65. The molecule has 1 aromatic rings. The fraction of sp³-hybridized carbons (Fsp3) is 0.600. The molecule has 0 aliphatic heterocycles. The number of ether oxygens (including phenoxy) is 2. The Morgan fingerprint density at radius 1 is 1.32 bits per heavy atom. The first kappa shape index (κ1) is 14.3. The number of benzene rings is 1. The predicted molar refractivity (Wildman–Crippen MR) is 70.7 cm³/mol. The average Bonchev–Trinajstić information content (AvgIpc) is 2.38. The smallest absolute Gasteiger partial charge is 0.128 e. The summed E-state index contributed by atoms with van der Waals surface area (Å²) in [5.74, 6) is 0.0928. The number of aliphatic hydroxyl groups excluding tert-OH is 1. The molecule has 0 aromatic heterocycles. The third-order valence-electron chi connectivity index (χ3n) is 3.63. The Morgan fingerprint density at radius 2 is 2.05 bits per heavy atom. The Kier molecular flexibility index (Phi) is 4.77. The number of methoxy groups -OCH3 is 1. The quantitative estimate of drug-likeness (QED) is 0.911. The van der Waals surface area contributed by atoms with Crippen LogP contribution in [-0.2, 0) is 4.74 Å². The van der Waals surface area contributed by atoms with Crippen molar-refractivity contribution in [1.29, 1.82) is 0 Å². The fourth-order valence-electron chi connectivity index (χ4n) is 2.56. The van der Waals surface area contributed by atoms with Gasteiger partial charge in [0.1, 0.15) is 17.7 Å². The van der Waals surface area contributed by atoms with Gasteiger partial charge < -0.3 is 14.6 Å². The normalized spacial score (nSPS) is 25.1. The predicted octanol–water partition coefficient (Wildman–Crippen LogP) is 3.22. The van der Waals surface area contributed by atoms with E-state index in [1.807, 2.05) is 0 Å². The van der Waals surface area contributed by atoms with Crippen LogP contribution in [-0.4, -0.2) is 24.4 Å². The Balaban J connectivity index is 2.11. The summed E-state index contributed by atoms with van der Waals surface area (Å²) in [7, 11) is 1.70. The van der Waals surface area contributed by atoms with Crippen molar-refractivity contribution in [3.05, 3.63) is 29.6 Å². The SMILES string of the molecule is COC1CCCC(Oc2cc(F)ccc2[C@@H](C)O)C1. The summed E-state index contributed by atoms with van der Waals surface area (Å²) in [5.41, 5.74) is 0.626. The van der Waals surface area contributed by atoms with Gasteiger partial charge in [-0.05, 0) is 38.3 Å². The van der Waals surface area contributed by atoms with E-state index < -0.39 is 6.10 Å². The lowest BCUT2D eigenvalue weighted by Crippen LogP contribution is -2.29. The molecule has 1 aromatic carbocycles. The minimum atomic E-state index is -0.669. The van der Waals surface area contributed by atoms with E-state index in [1.54, 1.807) is 20.1 Å². The zero-order chi connectivity index (χ0) is 13.8. The molecular weight excluding hydrogens is 247 g/mol. The van der Waals surface area contributed by atoms with Gasteiger partial charge in [0.2, 0.25) is 0 Å². The Bertz CT molecular complexity index is 420. The molecule has 0 bridgehead atoms. The molecule has 1 aliphatic rings. The van der Waals surface area contributed by atoms with Crippen LogP contribution < -0.4 is 4.74 Å². The summed E-state index contributed by atoms with van der Waals surface area (Å²) in [6.07, 6.45) is 3.41. The van der Waals surface area contributed by atoms with Crippen LogP contribution in [0.4, 0.5) is 4.39 Å². The zero-order valence-electron chi connectivity index (χ0n) is 11.4. The highest BCUT2D eigenvalue weighted by atomic mass is 19.1. The van der Waals surface area contributed by atoms with Crippen molar-refractivity contribution in [2.75, 3.05) is 7.11 Å². The molecule has 4 heteroatoms. The van der Waals surface area contributed by atoms with E-state index in [-0.39, 0.29) is 18.0 Å². The molecule has 106 valence electrons. The van der Waals surface area contributed by atoms with Crippen molar-refractivity contribution in [3.8, 4) is 5.75 Å². The zero-order valence-corrected chi connectivity index (χ0v) is 11.4. The second kappa shape index (κ2) is 6.35. The number of rotatable bonds is 4. The third-order valence-corrected chi connectivity index (χ3v) is 3.63. The number of halogens is 1. The summed E-state index contributed by atoms with van der Waals surface area (Å²) in [4.78, 5) is 0. The molecule has 0 spiro atoms. The number of hydrogen-bond acceptors (Lipinski definition) is 3. The van der Waals surface area contributed by atoms with Gasteiger partial charge in [0.05, 0.1) is 12.2 Å². The molecule has 1 N–H and O–H groups in total. The van der Waals surface area contributed by atoms with Gasteiger partial charge in [-0.15, -0.1) is 0 Å². The summed E-state index contributed by atoms with van der Waals surface area (Å²) >= 11 is 0. The van der Waals surface area contributed by atoms with Crippen molar-refractivity contribution in [3.63, 3.8) is 0 Å². The van der Waals surface area contributed by atoms with E-state index in [0.717, 1.165) is 25.7 Å². The van der Waals surface area contributed by atoms with Crippen LogP contribution in [0.2, 0.25) is 0 Å². The van der Waals surface area contributed by atoms with Gasteiger partial charge >= 0.3 is 0 Å². The van der Waals surface area contributed by atoms with Gasteiger partial charge in [-0.1, -0.05) is 0 Å². The average molecular weight is 268 g/mol. The summed E-state index contributed by atoms with van der Waals surface area (Å²) in [5, 5.41) is 9.70. The van der Waals surface area contributed by atoms with Crippen molar-refractivity contribution in [2.24, 2.45) is 0 Å². The van der Waals surface area contributed by atoms with Gasteiger partial charge in [0, 0.05) is 25.2 Å². The maximum absolute atomic E-state index is 13.3. The Labute approximate surface area is 113 Å². The van der Waals surface area contributed by atoms with E-state index in [4.69, 9.17) is 9.47 Å². The molecule has 1 saturated carbocycles. The van der Waals surface area contributed by atoms with Crippen LogP contribution >= 0.6 is 0 Å². The number of aliphatic hydroxyl groups is 1. The molecule has 0 amide bonds. The molecule has 1 aliphatic carbocycles. The molecule has 3 nitrogen and oxygen atoms in total. The van der Waals surface area contributed by atoms with Gasteiger partial charge in [0.25, 0.3) is 0 Å². The summed E-state index contributed by atoms with van der Waals surface area (Å²) < 4.78 is 24.6. The summed E-state index contributed by atoms with van der Waals surface area (Å²) in [6, 6.07) is 4.26. The van der Waals surface area contributed by atoms with Crippen LogP contribution in [0.3, 0.4) is 0 Å². The first-order valence-corrected chi connectivity index (χ1v) is 6.77. The van der Waals surface area contributed by atoms with Crippen molar-refractivity contribution < 1.29 is 19.0 Å². The van der Waals surface area contributed by atoms with Crippen molar-refractivity contribution in [1.82, 2.24) is 0 Å². The standard InChI is InChI=1S/C15H21FO3/c1-10(17)14-7-6-11(16)8-15(14)19-13-5-3-4-12(9-13)18-2/h6-8,10,12-13,17H,3-5,9H2,1-2H3/t10-,12?,13?/m1/s1. The Hall–Kier alpha value is -1.13. The van der Waals surface area contributed by atoms with E-state index in [9.17, 15) is 9.50 Å². The van der Waals surface area contributed by atoms with Gasteiger partial charge in [0.15, 0.2) is 0 Å². The second-order valence-corrected chi connectivity index (χ2v) is 5.12. The maximum Gasteiger partial charge on any atom is 0.128 e. The van der Waals surface area contributed by atoms with Crippen LogP contribution in [0.5, 0.6) is 5.75 Å². The Morgan fingerprint density at radius 3 is 2.74 bits per heavy atom. The highest BCUT2D eigenvalue weighted by Gasteiger charge is 2.24. The van der Waals surface area contributed by atoms with Gasteiger partial charge in [-0.3, -0.25) is 0 Å². The fourth-order valence-corrected chi connectivity index (χ4v) is 2.56. The first-order chi connectivity index (χ1) is 9.10. The molecular formula is C15H21FO3. The molecule has 0 saturated heterocycles. The molecule has 0 radical (unpaired) electrons. The van der Waals surface area contributed by atoms with Crippen LogP contribution in [0, 0.1) is 5.82 Å². The van der Waals surface area contributed by atoms with Gasteiger partial charge in [-0.25, -0.2) is 4.39 Å². The lowest BCUT2D eigenvalue weighted by molar-refractivity contribution is 0.0198. The van der Waals surface area contributed by atoms with Crippen LogP contribution in [0.15, 0.2) is 18.2 Å².